The number of benzene rings is 2. The van der Waals surface area contributed by atoms with Gasteiger partial charge in [-0.05, 0) is 43.8 Å². The van der Waals surface area contributed by atoms with Crippen LogP contribution in [0.1, 0.15) is 27.7 Å². The number of likely N-dealkylation sites (N-methyl/N-ethyl adjacent to an activating group) is 1. The molecule has 0 N–H and O–H groups in total. The summed E-state index contributed by atoms with van der Waals surface area (Å²) in [6.07, 6.45) is 0. The van der Waals surface area contributed by atoms with Gasteiger partial charge in [-0.25, -0.2) is 9.37 Å². The Morgan fingerprint density at radius 1 is 1.18 bits per heavy atom. The number of aromatic nitrogens is 1. The van der Waals surface area contributed by atoms with Crippen LogP contribution in [-0.2, 0) is 0 Å². The average molecular weight is 396 g/mol. The number of halogens is 1. The van der Waals surface area contributed by atoms with Gasteiger partial charge >= 0.3 is 0 Å². The van der Waals surface area contributed by atoms with Crippen molar-refractivity contribution in [1.82, 2.24) is 14.8 Å². The lowest BCUT2D eigenvalue weighted by Gasteiger charge is -2.39. The monoisotopic (exact) mass is 395 g/mol. The SMILES string of the molecule is Cc1csc(-c2cccc(C(=O)N3CCN(C)C(c4ccc(F)cc4)C3)c2)n1. The molecule has 1 aliphatic rings. The second-order valence-electron chi connectivity index (χ2n) is 7.17. The molecule has 1 aliphatic heterocycles. The molecule has 3 aromatic rings. The van der Waals surface area contributed by atoms with Gasteiger partial charge in [0.25, 0.3) is 5.91 Å². The maximum absolute atomic E-state index is 13.3. The number of piperazine rings is 1. The highest BCUT2D eigenvalue weighted by Gasteiger charge is 2.29. The summed E-state index contributed by atoms with van der Waals surface area (Å²) < 4.78 is 13.3. The topological polar surface area (TPSA) is 36.4 Å². The van der Waals surface area contributed by atoms with Crippen molar-refractivity contribution in [2.24, 2.45) is 0 Å². The van der Waals surface area contributed by atoms with Crippen LogP contribution in [0.4, 0.5) is 4.39 Å². The summed E-state index contributed by atoms with van der Waals surface area (Å²) >= 11 is 1.58. The molecule has 1 saturated heterocycles. The van der Waals surface area contributed by atoms with Crippen LogP contribution < -0.4 is 0 Å². The van der Waals surface area contributed by atoms with Crippen molar-refractivity contribution in [2.75, 3.05) is 26.7 Å². The van der Waals surface area contributed by atoms with E-state index in [0.29, 0.717) is 18.7 Å². The van der Waals surface area contributed by atoms with Crippen LogP contribution in [0.25, 0.3) is 10.6 Å². The molecule has 1 atom stereocenters. The predicted octanol–water partition coefficient (Wildman–Crippen LogP) is 4.39. The Hall–Kier alpha value is -2.57. The van der Waals surface area contributed by atoms with E-state index in [2.05, 4.69) is 9.88 Å². The van der Waals surface area contributed by atoms with E-state index < -0.39 is 0 Å². The van der Waals surface area contributed by atoms with E-state index in [0.717, 1.165) is 28.4 Å². The first-order chi connectivity index (χ1) is 13.5. The van der Waals surface area contributed by atoms with E-state index in [-0.39, 0.29) is 17.8 Å². The molecular formula is C22H22FN3OS. The summed E-state index contributed by atoms with van der Waals surface area (Å²) in [6.45, 7) is 4.00. The van der Waals surface area contributed by atoms with Crippen LogP contribution >= 0.6 is 11.3 Å². The highest BCUT2D eigenvalue weighted by molar-refractivity contribution is 7.13. The van der Waals surface area contributed by atoms with Crippen molar-refractivity contribution in [2.45, 2.75) is 13.0 Å². The fourth-order valence-electron chi connectivity index (χ4n) is 3.56. The molecule has 2 aromatic carbocycles. The zero-order chi connectivity index (χ0) is 19.7. The van der Waals surface area contributed by atoms with Gasteiger partial charge in [-0.1, -0.05) is 24.3 Å². The minimum atomic E-state index is -0.246. The van der Waals surface area contributed by atoms with Gasteiger partial charge in [0.2, 0.25) is 0 Å². The minimum Gasteiger partial charge on any atom is -0.335 e. The first-order valence-corrected chi connectivity index (χ1v) is 10.2. The number of thiazole rings is 1. The molecule has 0 saturated carbocycles. The highest BCUT2D eigenvalue weighted by Crippen LogP contribution is 2.27. The summed E-state index contributed by atoms with van der Waals surface area (Å²) in [5.41, 5.74) is 3.65. The van der Waals surface area contributed by atoms with Crippen LogP contribution in [0.5, 0.6) is 0 Å². The summed E-state index contributed by atoms with van der Waals surface area (Å²) in [4.78, 5) is 21.8. The molecule has 1 unspecified atom stereocenters. The van der Waals surface area contributed by atoms with Crippen LogP contribution in [0.3, 0.4) is 0 Å². The Labute approximate surface area is 168 Å². The number of nitrogens with zero attached hydrogens (tertiary/aromatic N) is 3. The van der Waals surface area contributed by atoms with Crippen LogP contribution in [-0.4, -0.2) is 47.4 Å². The van der Waals surface area contributed by atoms with Gasteiger partial charge in [0.05, 0.1) is 6.04 Å². The Balaban J connectivity index is 1.55. The molecule has 4 rings (SSSR count). The van der Waals surface area contributed by atoms with Gasteiger partial charge in [-0.2, -0.15) is 0 Å². The van der Waals surface area contributed by atoms with Crippen LogP contribution in [0, 0.1) is 12.7 Å². The van der Waals surface area contributed by atoms with Gasteiger partial charge in [-0.3, -0.25) is 9.69 Å². The number of aryl methyl sites for hydroxylation is 1. The molecular weight excluding hydrogens is 373 g/mol. The summed E-state index contributed by atoms with van der Waals surface area (Å²) in [5, 5.41) is 2.94. The lowest BCUT2D eigenvalue weighted by atomic mass is 10.0. The molecule has 1 amide bonds. The maximum Gasteiger partial charge on any atom is 0.253 e. The molecule has 0 radical (unpaired) electrons. The van der Waals surface area contributed by atoms with Crippen molar-refractivity contribution >= 4 is 17.2 Å². The largest absolute Gasteiger partial charge is 0.335 e. The third kappa shape index (κ3) is 3.84. The van der Waals surface area contributed by atoms with Gasteiger partial charge in [0.1, 0.15) is 10.8 Å². The van der Waals surface area contributed by atoms with Crippen molar-refractivity contribution in [3.8, 4) is 10.6 Å². The Morgan fingerprint density at radius 2 is 1.96 bits per heavy atom. The fourth-order valence-corrected chi connectivity index (χ4v) is 4.35. The maximum atomic E-state index is 13.3. The summed E-state index contributed by atoms with van der Waals surface area (Å²) in [5.74, 6) is -0.222. The number of hydrogen-bond acceptors (Lipinski definition) is 4. The standard InChI is InChI=1S/C22H22FN3OS/c1-15-14-28-21(24-15)17-4-3-5-18(12-17)22(27)26-11-10-25(2)20(13-26)16-6-8-19(23)9-7-16/h3-9,12,14,20H,10-11,13H2,1-2H3. The van der Waals surface area contributed by atoms with Crippen LogP contribution in [0.2, 0.25) is 0 Å². The predicted molar refractivity (Wildman–Crippen MR) is 110 cm³/mol. The number of carbonyl (C=O) groups is 1. The smallest absolute Gasteiger partial charge is 0.253 e. The average Bonchev–Trinajstić information content (AvgIpc) is 3.15. The van der Waals surface area contributed by atoms with E-state index in [9.17, 15) is 9.18 Å². The normalized spacial score (nSPS) is 17.7. The quantitative estimate of drug-likeness (QED) is 0.660. The third-order valence-electron chi connectivity index (χ3n) is 5.17. The highest BCUT2D eigenvalue weighted by atomic mass is 32.1. The molecule has 1 aromatic heterocycles. The lowest BCUT2D eigenvalue weighted by molar-refractivity contribution is 0.0546. The van der Waals surface area contributed by atoms with E-state index >= 15 is 0 Å². The van der Waals surface area contributed by atoms with Crippen LogP contribution in [0.15, 0.2) is 53.9 Å². The number of hydrogen-bond donors (Lipinski definition) is 0. The third-order valence-corrected chi connectivity index (χ3v) is 6.17. The molecule has 1 fully saturated rings. The van der Waals surface area contributed by atoms with Gasteiger partial charge < -0.3 is 4.90 Å². The zero-order valence-electron chi connectivity index (χ0n) is 15.9. The summed E-state index contributed by atoms with van der Waals surface area (Å²) in [6, 6.07) is 14.3. The van der Waals surface area contributed by atoms with E-state index in [4.69, 9.17) is 0 Å². The van der Waals surface area contributed by atoms with E-state index in [1.165, 1.54) is 12.1 Å². The Bertz CT molecular complexity index is 985. The summed E-state index contributed by atoms with van der Waals surface area (Å²) in [7, 11) is 2.04. The zero-order valence-corrected chi connectivity index (χ0v) is 16.7. The minimum absolute atomic E-state index is 0.0235. The Kier molecular flexibility index (Phi) is 5.24. The van der Waals surface area contributed by atoms with Crippen molar-refractivity contribution < 1.29 is 9.18 Å². The molecule has 6 heteroatoms. The van der Waals surface area contributed by atoms with Gasteiger partial charge in [0, 0.05) is 41.8 Å². The first kappa shape index (κ1) is 18.8. The number of amides is 1. The van der Waals surface area contributed by atoms with Crippen molar-refractivity contribution in [3.63, 3.8) is 0 Å². The Morgan fingerprint density at radius 3 is 2.68 bits per heavy atom. The molecule has 2 heterocycles. The van der Waals surface area contributed by atoms with E-state index in [1.807, 2.05) is 48.5 Å². The lowest BCUT2D eigenvalue weighted by Crippen LogP contribution is -2.49. The fraction of sp³-hybridized carbons (Fsp3) is 0.273. The second-order valence-corrected chi connectivity index (χ2v) is 8.03. The molecule has 0 aliphatic carbocycles. The van der Waals surface area contributed by atoms with Crippen molar-refractivity contribution in [1.29, 1.82) is 0 Å². The van der Waals surface area contributed by atoms with Crippen molar-refractivity contribution in [3.05, 3.63) is 76.5 Å². The molecule has 0 bridgehead atoms. The van der Waals surface area contributed by atoms with Gasteiger partial charge in [-0.15, -0.1) is 11.3 Å². The molecule has 28 heavy (non-hydrogen) atoms. The molecule has 144 valence electrons. The second kappa shape index (κ2) is 7.81. The first-order valence-electron chi connectivity index (χ1n) is 9.29. The number of carbonyl (C=O) groups excluding carboxylic acids is 1. The number of rotatable bonds is 3. The van der Waals surface area contributed by atoms with Gasteiger partial charge in [0.15, 0.2) is 0 Å². The molecule has 4 nitrogen and oxygen atoms in total. The molecule has 0 spiro atoms. The van der Waals surface area contributed by atoms with E-state index in [1.54, 1.807) is 23.5 Å².